The zero-order chi connectivity index (χ0) is 10.2. The minimum atomic E-state index is -1.09. The molecular weight excluding hydrogens is 188 g/mol. The van der Waals surface area contributed by atoms with Gasteiger partial charge in [-0.05, 0) is 18.6 Å². The van der Waals surface area contributed by atoms with E-state index < -0.39 is 5.97 Å². The zero-order valence-corrected chi connectivity index (χ0v) is 7.93. The first kappa shape index (κ1) is 9.73. The van der Waals surface area contributed by atoms with Crippen LogP contribution in [0, 0.1) is 6.92 Å². The molecule has 0 aliphatic carbocycles. The smallest absolute Gasteiger partial charge is 0.338 e. The van der Waals surface area contributed by atoms with Gasteiger partial charge in [-0.3, -0.25) is 0 Å². The molecule has 0 fully saturated rings. The van der Waals surface area contributed by atoms with Gasteiger partial charge in [-0.15, -0.1) is 12.6 Å². The first-order valence-electron chi connectivity index (χ1n) is 3.56. The van der Waals surface area contributed by atoms with E-state index >= 15 is 0 Å². The van der Waals surface area contributed by atoms with Crippen molar-refractivity contribution in [1.29, 1.82) is 0 Å². The van der Waals surface area contributed by atoms with Crippen LogP contribution in [-0.2, 0) is 0 Å². The summed E-state index contributed by atoms with van der Waals surface area (Å²) in [6.07, 6.45) is 0. The lowest BCUT2D eigenvalue weighted by Gasteiger charge is -2.09. The summed E-state index contributed by atoms with van der Waals surface area (Å²) in [5.74, 6) is -1.09. The number of anilines is 2. The van der Waals surface area contributed by atoms with Crippen LogP contribution in [0.2, 0.25) is 0 Å². The fraction of sp³-hybridized carbons (Fsp3) is 0.125. The Morgan fingerprint density at radius 3 is 2.54 bits per heavy atom. The van der Waals surface area contributed by atoms with E-state index in [0.29, 0.717) is 10.5 Å². The van der Waals surface area contributed by atoms with E-state index in [1.807, 2.05) is 0 Å². The number of nitrogens with two attached hydrogens (primary N) is 2. The average molecular weight is 198 g/mol. The molecule has 0 spiro atoms. The molecule has 0 saturated heterocycles. The average Bonchev–Trinajstić information content (AvgIpc) is 2.01. The molecule has 1 aromatic carbocycles. The second-order valence-electron chi connectivity index (χ2n) is 2.70. The number of carboxylic acids is 1. The summed E-state index contributed by atoms with van der Waals surface area (Å²) in [5, 5.41) is 8.83. The third kappa shape index (κ3) is 1.55. The topological polar surface area (TPSA) is 89.3 Å². The Balaban J connectivity index is 3.56. The minimum Gasteiger partial charge on any atom is -0.478 e. The highest BCUT2D eigenvalue weighted by atomic mass is 32.1. The van der Waals surface area contributed by atoms with E-state index in [1.54, 1.807) is 13.0 Å². The fourth-order valence-electron chi connectivity index (χ4n) is 1.08. The highest BCUT2D eigenvalue weighted by Crippen LogP contribution is 2.28. The van der Waals surface area contributed by atoms with Crippen molar-refractivity contribution in [2.24, 2.45) is 0 Å². The number of carboxylic acid groups (broad SMARTS) is 1. The highest BCUT2D eigenvalue weighted by molar-refractivity contribution is 7.80. The van der Waals surface area contributed by atoms with Crippen molar-refractivity contribution in [2.75, 3.05) is 11.5 Å². The molecule has 0 saturated carbocycles. The number of nitrogen functional groups attached to an aromatic ring is 2. The van der Waals surface area contributed by atoms with E-state index in [0.717, 1.165) is 0 Å². The Morgan fingerprint density at radius 1 is 1.54 bits per heavy atom. The molecule has 0 heterocycles. The summed E-state index contributed by atoms with van der Waals surface area (Å²) in [6, 6.07) is 1.54. The molecule has 4 nitrogen and oxygen atoms in total. The summed E-state index contributed by atoms with van der Waals surface area (Å²) < 4.78 is 0. The van der Waals surface area contributed by atoms with Gasteiger partial charge in [0.05, 0.1) is 16.9 Å². The molecule has 0 aliphatic heterocycles. The summed E-state index contributed by atoms with van der Waals surface area (Å²) in [7, 11) is 0. The predicted molar refractivity (Wildman–Crippen MR) is 54.2 cm³/mol. The lowest BCUT2D eigenvalue weighted by molar-refractivity contribution is 0.0697. The summed E-state index contributed by atoms with van der Waals surface area (Å²) in [6.45, 7) is 1.64. The van der Waals surface area contributed by atoms with Gasteiger partial charge in [0.25, 0.3) is 0 Å². The minimum absolute atomic E-state index is 0.0324. The molecule has 0 bridgehead atoms. The van der Waals surface area contributed by atoms with E-state index in [-0.39, 0.29) is 16.9 Å². The molecule has 0 aliphatic rings. The molecule has 5 heteroatoms. The Labute approximate surface area is 81.0 Å². The molecule has 0 amide bonds. The molecule has 13 heavy (non-hydrogen) atoms. The molecule has 0 aromatic heterocycles. The van der Waals surface area contributed by atoms with Gasteiger partial charge in [0, 0.05) is 4.90 Å². The van der Waals surface area contributed by atoms with Crippen LogP contribution in [0.3, 0.4) is 0 Å². The SMILES string of the molecule is Cc1c(S)cc(N)c(N)c1C(=O)O. The number of hydrogen-bond acceptors (Lipinski definition) is 4. The molecular formula is C8H10N2O2S. The van der Waals surface area contributed by atoms with Gasteiger partial charge in [0.15, 0.2) is 0 Å². The number of thiol groups is 1. The number of carbonyl (C=O) groups is 1. The van der Waals surface area contributed by atoms with Gasteiger partial charge in [-0.25, -0.2) is 4.79 Å². The quantitative estimate of drug-likeness (QED) is 0.402. The molecule has 1 rings (SSSR count). The fourth-order valence-corrected chi connectivity index (χ4v) is 1.33. The molecule has 0 unspecified atom stereocenters. The van der Waals surface area contributed by atoms with Crippen molar-refractivity contribution in [3.05, 3.63) is 17.2 Å². The highest BCUT2D eigenvalue weighted by Gasteiger charge is 2.15. The van der Waals surface area contributed by atoms with Gasteiger partial charge in [0.1, 0.15) is 0 Å². The largest absolute Gasteiger partial charge is 0.478 e. The monoisotopic (exact) mass is 198 g/mol. The first-order valence-corrected chi connectivity index (χ1v) is 4.00. The zero-order valence-electron chi connectivity index (χ0n) is 7.03. The van der Waals surface area contributed by atoms with Gasteiger partial charge in [-0.2, -0.15) is 0 Å². The van der Waals surface area contributed by atoms with Crippen molar-refractivity contribution in [3.8, 4) is 0 Å². The lowest BCUT2D eigenvalue weighted by atomic mass is 10.1. The third-order valence-corrected chi connectivity index (χ3v) is 2.31. The second-order valence-corrected chi connectivity index (χ2v) is 3.19. The van der Waals surface area contributed by atoms with Crippen molar-refractivity contribution < 1.29 is 9.90 Å². The maximum absolute atomic E-state index is 10.8. The Kier molecular flexibility index (Phi) is 2.38. The Hall–Kier alpha value is -1.36. The van der Waals surface area contributed by atoms with Crippen LogP contribution in [0.5, 0.6) is 0 Å². The van der Waals surface area contributed by atoms with Gasteiger partial charge >= 0.3 is 5.97 Å². The number of rotatable bonds is 1. The molecule has 1 aromatic rings. The van der Waals surface area contributed by atoms with Gasteiger partial charge < -0.3 is 16.6 Å². The van der Waals surface area contributed by atoms with Crippen LogP contribution < -0.4 is 11.5 Å². The van der Waals surface area contributed by atoms with Crippen LogP contribution in [0.4, 0.5) is 11.4 Å². The van der Waals surface area contributed by atoms with Gasteiger partial charge in [-0.1, -0.05) is 0 Å². The van der Waals surface area contributed by atoms with E-state index in [1.165, 1.54) is 0 Å². The Bertz CT molecular complexity index is 351. The van der Waals surface area contributed by atoms with Crippen LogP contribution in [0.1, 0.15) is 15.9 Å². The van der Waals surface area contributed by atoms with Crippen molar-refractivity contribution in [1.82, 2.24) is 0 Å². The number of aromatic carboxylic acids is 1. The van der Waals surface area contributed by atoms with Crippen molar-refractivity contribution in [3.63, 3.8) is 0 Å². The maximum atomic E-state index is 10.8. The predicted octanol–water partition coefficient (Wildman–Crippen LogP) is 1.15. The van der Waals surface area contributed by atoms with Crippen LogP contribution in [-0.4, -0.2) is 11.1 Å². The molecule has 5 N–H and O–H groups in total. The first-order chi connectivity index (χ1) is 5.95. The van der Waals surface area contributed by atoms with E-state index in [4.69, 9.17) is 16.6 Å². The second kappa shape index (κ2) is 3.18. The molecule has 0 atom stereocenters. The third-order valence-electron chi connectivity index (χ3n) is 1.85. The summed E-state index contributed by atoms with van der Waals surface area (Å²) in [5.41, 5.74) is 11.9. The Morgan fingerprint density at radius 2 is 2.08 bits per heavy atom. The van der Waals surface area contributed by atoms with Crippen LogP contribution >= 0.6 is 12.6 Å². The standard InChI is InChI=1S/C8H10N2O2S/c1-3-5(13)2-4(9)7(10)6(3)8(11)12/h2,13H,9-10H2,1H3,(H,11,12). The summed E-state index contributed by atoms with van der Waals surface area (Å²) >= 11 is 4.08. The molecule has 0 radical (unpaired) electrons. The summed E-state index contributed by atoms with van der Waals surface area (Å²) in [4.78, 5) is 11.3. The van der Waals surface area contributed by atoms with E-state index in [9.17, 15) is 4.79 Å². The number of hydrogen-bond donors (Lipinski definition) is 4. The maximum Gasteiger partial charge on any atom is 0.338 e. The van der Waals surface area contributed by atoms with Gasteiger partial charge in [0.2, 0.25) is 0 Å². The normalized spacial score (nSPS) is 10.0. The van der Waals surface area contributed by atoms with E-state index in [2.05, 4.69) is 12.6 Å². The van der Waals surface area contributed by atoms with Crippen molar-refractivity contribution >= 4 is 30.0 Å². The van der Waals surface area contributed by atoms with Crippen LogP contribution in [0.15, 0.2) is 11.0 Å². The van der Waals surface area contributed by atoms with Crippen LogP contribution in [0.25, 0.3) is 0 Å². The number of benzene rings is 1. The van der Waals surface area contributed by atoms with Crippen molar-refractivity contribution in [2.45, 2.75) is 11.8 Å². The molecule has 70 valence electrons. The lowest BCUT2D eigenvalue weighted by Crippen LogP contribution is -2.08.